The Morgan fingerprint density at radius 3 is 1.95 bits per heavy atom. The molecule has 0 aliphatic carbocycles. The third kappa shape index (κ3) is 5.77. The van der Waals surface area contributed by atoms with Crippen LogP contribution in [0.3, 0.4) is 0 Å². The number of phenols is 2. The molecule has 5 nitrogen and oxygen atoms in total. The zero-order chi connectivity index (χ0) is 13.4. The van der Waals surface area contributed by atoms with Gasteiger partial charge < -0.3 is 23.1 Å². The van der Waals surface area contributed by atoms with Gasteiger partial charge in [0, 0.05) is 11.8 Å². The fourth-order valence-electron chi connectivity index (χ4n) is 1.31. The van der Waals surface area contributed by atoms with Gasteiger partial charge in [0.2, 0.25) is 0 Å². The second-order valence-corrected chi connectivity index (χ2v) is 3.31. The molecule has 4 N–H and O–H groups in total. The van der Waals surface area contributed by atoms with E-state index in [2.05, 4.69) is 4.99 Å². The number of nitrogens with zero attached hydrogens (tertiary/aromatic N) is 2. The zero-order valence-electron chi connectivity index (χ0n) is 10.8. The topological polar surface area (TPSA) is 108 Å². The van der Waals surface area contributed by atoms with E-state index in [-0.39, 0.29) is 24.4 Å². The Balaban J connectivity index is 0. The molecule has 0 radical (unpaired) electrons. The number of rotatable bonds is 2. The van der Waals surface area contributed by atoms with Crippen molar-refractivity contribution in [2.24, 2.45) is 4.99 Å². The average molecular weight is 451 g/mol. The minimum absolute atomic E-state index is 0. The van der Waals surface area contributed by atoms with E-state index in [0.29, 0.717) is 11.3 Å². The Bertz CT molecular complexity index is 524. The molecule has 0 spiro atoms. The molecule has 0 heterocycles. The van der Waals surface area contributed by atoms with Gasteiger partial charge in [-0.2, -0.15) is 0 Å². The van der Waals surface area contributed by atoms with Gasteiger partial charge in [0.1, 0.15) is 17.2 Å². The van der Waals surface area contributed by atoms with Crippen molar-refractivity contribution >= 4 is 11.9 Å². The van der Waals surface area contributed by atoms with Crippen LogP contribution in [0.1, 0.15) is 5.56 Å². The van der Waals surface area contributed by atoms with Crippen LogP contribution in [0, 0.1) is 11.3 Å². The molecule has 0 unspecified atom stereocenters. The SMILES string of the molecule is O.Oc1ccccc1C=Nc1ccccc1O.[CH3-].[N]#[Os]. The summed E-state index contributed by atoms with van der Waals surface area (Å²) in [5.41, 5.74) is 1.09. The van der Waals surface area contributed by atoms with Gasteiger partial charge in [-0.15, -0.1) is 0 Å². The molecule has 2 rings (SSSR count). The first-order valence-electron chi connectivity index (χ1n) is 5.03. The Kier molecular flexibility index (Phi) is 11.1. The van der Waals surface area contributed by atoms with Gasteiger partial charge in [0.05, 0.1) is 0 Å². The molecule has 0 saturated carbocycles. The van der Waals surface area contributed by atoms with Crippen molar-refractivity contribution in [3.63, 3.8) is 0 Å². The summed E-state index contributed by atoms with van der Waals surface area (Å²) < 4.78 is 7.03. The van der Waals surface area contributed by atoms with Crippen LogP contribution in [0.5, 0.6) is 11.5 Å². The molecule has 109 valence electrons. The van der Waals surface area contributed by atoms with E-state index in [1.807, 2.05) is 6.07 Å². The third-order valence-corrected chi connectivity index (χ3v) is 2.16. The number of phenolic OH excluding ortho intramolecular Hbond substituents is 2. The molecule has 0 fully saturated rings. The van der Waals surface area contributed by atoms with E-state index in [1.54, 1.807) is 42.5 Å². The van der Waals surface area contributed by atoms with Crippen molar-refractivity contribution in [2.75, 3.05) is 0 Å². The Hall–Kier alpha value is -1.98. The van der Waals surface area contributed by atoms with Crippen LogP contribution in [-0.4, -0.2) is 21.9 Å². The molecule has 0 aliphatic rings. The summed E-state index contributed by atoms with van der Waals surface area (Å²) in [6.45, 7) is 0. The summed E-state index contributed by atoms with van der Waals surface area (Å²) in [6, 6.07) is 13.7. The van der Waals surface area contributed by atoms with Gasteiger partial charge in [-0.25, -0.2) is 0 Å². The van der Waals surface area contributed by atoms with E-state index < -0.39 is 0 Å². The summed E-state index contributed by atoms with van der Waals surface area (Å²) in [4.78, 5) is 4.10. The van der Waals surface area contributed by atoms with Crippen molar-refractivity contribution in [1.29, 1.82) is 3.88 Å². The van der Waals surface area contributed by atoms with Crippen LogP contribution < -0.4 is 0 Å². The van der Waals surface area contributed by atoms with Crippen LogP contribution in [0.15, 0.2) is 53.5 Å². The van der Waals surface area contributed by atoms with Gasteiger partial charge in [-0.3, -0.25) is 4.99 Å². The van der Waals surface area contributed by atoms with E-state index in [0.717, 1.165) is 18.2 Å². The van der Waals surface area contributed by atoms with E-state index in [4.69, 9.17) is 3.88 Å². The quantitative estimate of drug-likeness (QED) is 0.542. The number of benzene rings is 2. The van der Waals surface area contributed by atoms with Crippen LogP contribution in [0.2, 0.25) is 0 Å². The van der Waals surface area contributed by atoms with Gasteiger partial charge in [0.25, 0.3) is 0 Å². The molecule has 2 aromatic carbocycles. The summed E-state index contributed by atoms with van der Waals surface area (Å²) in [7, 11) is 0. The Morgan fingerprint density at radius 1 is 0.900 bits per heavy atom. The standard InChI is InChI=1S/C13H11NO2.CH3.N.H2O.Os/c15-12-7-3-1-5-10(12)9-14-11-6-2-4-8-13(11)16;;;;/h1-9,15-16H;1H3;;1H2;/q;-1;;;. The molecule has 0 amide bonds. The minimum atomic E-state index is 0. The fraction of sp³-hybridized carbons (Fsp3) is 0. The Labute approximate surface area is 128 Å². The Morgan fingerprint density at radius 2 is 1.40 bits per heavy atom. The first-order valence-corrected chi connectivity index (χ1v) is 6.17. The van der Waals surface area contributed by atoms with Gasteiger partial charge in [-0.1, -0.05) is 24.3 Å². The van der Waals surface area contributed by atoms with E-state index >= 15 is 0 Å². The van der Waals surface area contributed by atoms with Crippen molar-refractivity contribution in [2.45, 2.75) is 0 Å². The second-order valence-electron chi connectivity index (χ2n) is 3.31. The maximum absolute atomic E-state index is 9.50. The number of hydrogen-bond acceptors (Lipinski definition) is 4. The monoisotopic (exact) mass is 452 g/mol. The number of aliphatic imine (C=N–C) groups is 1. The van der Waals surface area contributed by atoms with Crippen molar-refractivity contribution in [3.8, 4) is 11.5 Å². The molecule has 0 aromatic heterocycles. The van der Waals surface area contributed by atoms with Crippen molar-refractivity contribution in [1.82, 2.24) is 0 Å². The number of aromatic hydroxyl groups is 2. The second kappa shape index (κ2) is 10.9. The molecule has 0 atom stereocenters. The van der Waals surface area contributed by atoms with Crippen LogP contribution in [0.25, 0.3) is 0 Å². The molecule has 0 bridgehead atoms. The molecule has 6 heteroatoms. The summed E-state index contributed by atoms with van der Waals surface area (Å²) in [5.74, 6) is 0.288. The van der Waals surface area contributed by atoms with E-state index in [9.17, 15) is 10.2 Å². The molecular formula is C14H16N2O3Os-. The van der Waals surface area contributed by atoms with Gasteiger partial charge in [0.15, 0.2) is 0 Å². The predicted octanol–water partition coefficient (Wildman–Crippen LogP) is 2.49. The third-order valence-electron chi connectivity index (χ3n) is 2.16. The first kappa shape index (κ1) is 20.3. The van der Waals surface area contributed by atoms with Gasteiger partial charge in [-0.05, 0) is 24.3 Å². The van der Waals surface area contributed by atoms with Crippen LogP contribution >= 0.6 is 0 Å². The van der Waals surface area contributed by atoms with Crippen LogP contribution in [0.4, 0.5) is 5.69 Å². The van der Waals surface area contributed by atoms with E-state index in [1.165, 1.54) is 6.21 Å². The molecule has 2 aromatic rings. The summed E-state index contributed by atoms with van der Waals surface area (Å²) >= 11 is 0.861. The van der Waals surface area contributed by atoms with Gasteiger partial charge >= 0.3 is 22.1 Å². The fourth-order valence-corrected chi connectivity index (χ4v) is 1.31. The summed E-state index contributed by atoms with van der Waals surface area (Å²) in [6.07, 6.45) is 1.52. The zero-order valence-corrected chi connectivity index (χ0v) is 13.4. The molecule has 20 heavy (non-hydrogen) atoms. The molecule has 0 aliphatic heterocycles. The number of hydrogen-bond donors (Lipinski definition) is 2. The van der Waals surface area contributed by atoms with Crippen molar-refractivity contribution < 1.29 is 33.9 Å². The number of para-hydroxylation sites is 3. The molecular weight excluding hydrogens is 434 g/mol. The average Bonchev–Trinajstić information content (AvgIpc) is 2.42. The predicted molar refractivity (Wildman–Crippen MR) is 75.2 cm³/mol. The van der Waals surface area contributed by atoms with Crippen LogP contribution in [-0.2, 0) is 18.2 Å². The normalized spacial score (nSPS) is 8.75. The molecule has 0 saturated heterocycles. The van der Waals surface area contributed by atoms with Crippen molar-refractivity contribution in [3.05, 3.63) is 61.5 Å². The first-order chi connectivity index (χ1) is 8.77. The maximum atomic E-state index is 9.50. The summed E-state index contributed by atoms with van der Waals surface area (Å²) in [5, 5.41) is 19.0.